The van der Waals surface area contributed by atoms with Gasteiger partial charge in [0, 0.05) is 50.4 Å². The van der Waals surface area contributed by atoms with Gasteiger partial charge >= 0.3 is 0 Å². The van der Waals surface area contributed by atoms with Crippen LogP contribution in [0.1, 0.15) is 13.3 Å². The smallest absolute Gasteiger partial charge is 0.243 e. The number of guanidine groups is 1. The normalized spacial score (nSPS) is 16.8. The third-order valence-electron chi connectivity index (χ3n) is 4.25. The van der Waals surface area contributed by atoms with Crippen molar-refractivity contribution >= 4 is 57.5 Å². The van der Waals surface area contributed by atoms with Crippen molar-refractivity contribution < 1.29 is 4.79 Å². The molecule has 0 aliphatic carbocycles. The fourth-order valence-electron chi connectivity index (χ4n) is 2.76. The lowest BCUT2D eigenvalue weighted by molar-refractivity contribution is -0.127. The van der Waals surface area contributed by atoms with Crippen LogP contribution in [-0.4, -0.2) is 63.6 Å². The van der Waals surface area contributed by atoms with Gasteiger partial charge < -0.3 is 20.4 Å². The molecule has 6 nitrogen and oxygen atoms in total. The molecule has 0 radical (unpaired) electrons. The number of hydrogen-bond donors (Lipinski definition) is 2. The van der Waals surface area contributed by atoms with Gasteiger partial charge in [0.25, 0.3) is 0 Å². The average Bonchev–Trinajstić information content (AvgIpc) is 3.06. The van der Waals surface area contributed by atoms with Crippen LogP contribution in [0.2, 0.25) is 0 Å². The van der Waals surface area contributed by atoms with Crippen LogP contribution >= 0.6 is 39.9 Å². The van der Waals surface area contributed by atoms with Crippen molar-refractivity contribution in [1.29, 1.82) is 0 Å². The van der Waals surface area contributed by atoms with Crippen LogP contribution in [0.5, 0.6) is 0 Å². The number of halogens is 2. The molecule has 26 heavy (non-hydrogen) atoms. The summed E-state index contributed by atoms with van der Waals surface area (Å²) < 4.78 is 1.10. The molecule has 0 saturated carbocycles. The predicted molar refractivity (Wildman–Crippen MR) is 123 cm³/mol. The third-order valence-corrected chi connectivity index (χ3v) is 4.78. The standard InChI is InChI=1S/C18H28BrN5O.HI/c1-4-20-18(22-12-17(25)23(2)3)21-11-14-9-10-24(13-14)16-7-5-15(19)6-8-16;/h5-8,14H,4,9-13H2,1-3H3,(H2,20,21,22);1H. The van der Waals surface area contributed by atoms with Crippen LogP contribution < -0.4 is 15.5 Å². The topological polar surface area (TPSA) is 60.0 Å². The van der Waals surface area contributed by atoms with Crippen LogP contribution in [0, 0.1) is 5.92 Å². The Morgan fingerprint density at radius 1 is 1.31 bits per heavy atom. The maximum Gasteiger partial charge on any atom is 0.243 e. The zero-order valence-corrected chi connectivity index (χ0v) is 19.6. The van der Waals surface area contributed by atoms with E-state index in [1.54, 1.807) is 19.0 Å². The summed E-state index contributed by atoms with van der Waals surface area (Å²) >= 11 is 3.48. The molecule has 1 atom stereocenters. The zero-order chi connectivity index (χ0) is 18.2. The van der Waals surface area contributed by atoms with Crippen molar-refractivity contribution in [3.05, 3.63) is 28.7 Å². The Kier molecular flexibility index (Phi) is 10.3. The van der Waals surface area contributed by atoms with E-state index in [9.17, 15) is 4.79 Å². The van der Waals surface area contributed by atoms with E-state index in [-0.39, 0.29) is 36.4 Å². The third kappa shape index (κ3) is 7.30. The van der Waals surface area contributed by atoms with Crippen LogP contribution in [-0.2, 0) is 4.79 Å². The number of benzene rings is 1. The van der Waals surface area contributed by atoms with Crippen molar-refractivity contribution in [2.45, 2.75) is 13.3 Å². The highest BCUT2D eigenvalue weighted by atomic mass is 127. The van der Waals surface area contributed by atoms with Gasteiger partial charge in [-0.15, -0.1) is 24.0 Å². The number of hydrogen-bond acceptors (Lipinski definition) is 3. The quantitative estimate of drug-likeness (QED) is 0.332. The Bertz CT molecular complexity index is 594. The summed E-state index contributed by atoms with van der Waals surface area (Å²) in [6.07, 6.45) is 1.15. The summed E-state index contributed by atoms with van der Waals surface area (Å²) in [5.41, 5.74) is 1.27. The fourth-order valence-corrected chi connectivity index (χ4v) is 3.02. The van der Waals surface area contributed by atoms with E-state index in [0.29, 0.717) is 11.9 Å². The van der Waals surface area contributed by atoms with Crippen molar-refractivity contribution in [2.24, 2.45) is 10.9 Å². The number of nitrogens with one attached hydrogen (secondary N) is 2. The maximum absolute atomic E-state index is 11.7. The highest BCUT2D eigenvalue weighted by molar-refractivity contribution is 14.0. The van der Waals surface area contributed by atoms with Crippen LogP contribution in [0.15, 0.2) is 33.7 Å². The molecule has 2 N–H and O–H groups in total. The first-order valence-electron chi connectivity index (χ1n) is 8.72. The number of nitrogens with zero attached hydrogens (tertiary/aromatic N) is 3. The molecule has 1 fully saturated rings. The first-order chi connectivity index (χ1) is 12.0. The van der Waals surface area contributed by atoms with E-state index in [1.807, 2.05) is 6.92 Å². The highest BCUT2D eigenvalue weighted by Gasteiger charge is 2.22. The van der Waals surface area contributed by atoms with Crippen LogP contribution in [0.3, 0.4) is 0 Å². The van der Waals surface area contributed by atoms with Gasteiger partial charge in [0.05, 0.1) is 0 Å². The van der Waals surface area contributed by atoms with Crippen molar-refractivity contribution in [3.63, 3.8) is 0 Å². The van der Waals surface area contributed by atoms with Crippen LogP contribution in [0.4, 0.5) is 5.69 Å². The molecule has 1 aromatic carbocycles. The summed E-state index contributed by atoms with van der Waals surface area (Å²) in [4.78, 5) is 20.0. The molecule has 0 spiro atoms. The number of likely N-dealkylation sites (N-methyl/N-ethyl adjacent to an activating group) is 1. The van der Waals surface area contributed by atoms with Gasteiger partial charge in [0.1, 0.15) is 6.54 Å². The summed E-state index contributed by atoms with van der Waals surface area (Å²) in [6, 6.07) is 8.47. The van der Waals surface area contributed by atoms with E-state index < -0.39 is 0 Å². The summed E-state index contributed by atoms with van der Waals surface area (Å²) in [5.74, 6) is 1.27. The van der Waals surface area contributed by atoms with Crippen molar-refractivity contribution in [2.75, 3.05) is 51.7 Å². The first kappa shape index (κ1) is 23.0. The molecule has 1 unspecified atom stereocenters. The van der Waals surface area contributed by atoms with Gasteiger partial charge in [-0.25, -0.2) is 4.99 Å². The van der Waals surface area contributed by atoms with E-state index in [4.69, 9.17) is 0 Å². The number of aliphatic imine (C=N–C) groups is 1. The molecule has 8 heteroatoms. The molecular weight excluding hydrogens is 509 g/mol. The molecule has 1 saturated heterocycles. The van der Waals surface area contributed by atoms with E-state index in [2.05, 4.69) is 60.7 Å². The lowest BCUT2D eigenvalue weighted by atomic mass is 10.1. The van der Waals surface area contributed by atoms with E-state index in [0.717, 1.165) is 37.1 Å². The van der Waals surface area contributed by atoms with Gasteiger partial charge in [0.15, 0.2) is 5.96 Å². The van der Waals surface area contributed by atoms with Gasteiger partial charge in [-0.2, -0.15) is 0 Å². The number of rotatable bonds is 6. The second kappa shape index (κ2) is 11.6. The predicted octanol–water partition coefficient (Wildman–Crippen LogP) is 2.54. The number of anilines is 1. The van der Waals surface area contributed by atoms with Crippen molar-refractivity contribution in [1.82, 2.24) is 15.5 Å². The molecule has 1 aliphatic heterocycles. The second-order valence-electron chi connectivity index (χ2n) is 6.44. The van der Waals surface area contributed by atoms with Crippen molar-refractivity contribution in [3.8, 4) is 0 Å². The van der Waals surface area contributed by atoms with Gasteiger partial charge in [-0.05, 0) is 43.5 Å². The summed E-state index contributed by atoms with van der Waals surface area (Å²) in [7, 11) is 3.49. The number of carbonyl (C=O) groups excluding carboxylic acids is 1. The Balaban J connectivity index is 0.00000338. The molecule has 2 rings (SSSR count). The Morgan fingerprint density at radius 3 is 2.62 bits per heavy atom. The Labute approximate surface area is 181 Å². The highest BCUT2D eigenvalue weighted by Crippen LogP contribution is 2.24. The Hall–Kier alpha value is -1.03. The molecule has 1 amide bonds. The monoisotopic (exact) mass is 537 g/mol. The first-order valence-corrected chi connectivity index (χ1v) is 9.51. The molecule has 1 aromatic rings. The molecule has 0 bridgehead atoms. The molecule has 146 valence electrons. The van der Waals surface area contributed by atoms with Gasteiger partial charge in [-0.3, -0.25) is 4.79 Å². The molecular formula is C18H29BrIN5O. The van der Waals surface area contributed by atoms with Gasteiger partial charge in [0.2, 0.25) is 5.91 Å². The Morgan fingerprint density at radius 2 is 2.00 bits per heavy atom. The minimum atomic E-state index is -0.000479. The lowest BCUT2D eigenvalue weighted by Gasteiger charge is -2.19. The second-order valence-corrected chi connectivity index (χ2v) is 7.36. The number of amides is 1. The SMILES string of the molecule is CCNC(=NCC(=O)N(C)C)NCC1CCN(c2ccc(Br)cc2)C1.I. The van der Waals surface area contributed by atoms with E-state index in [1.165, 1.54) is 5.69 Å². The lowest BCUT2D eigenvalue weighted by Crippen LogP contribution is -2.41. The average molecular weight is 538 g/mol. The molecule has 1 heterocycles. The molecule has 1 aliphatic rings. The van der Waals surface area contributed by atoms with E-state index >= 15 is 0 Å². The van der Waals surface area contributed by atoms with Crippen LogP contribution in [0.25, 0.3) is 0 Å². The maximum atomic E-state index is 11.7. The van der Waals surface area contributed by atoms with Gasteiger partial charge in [-0.1, -0.05) is 15.9 Å². The minimum absolute atomic E-state index is 0. The minimum Gasteiger partial charge on any atom is -0.371 e. The summed E-state index contributed by atoms with van der Waals surface area (Å²) in [6.45, 7) is 5.92. The summed E-state index contributed by atoms with van der Waals surface area (Å²) in [5, 5.41) is 6.57. The fraction of sp³-hybridized carbons (Fsp3) is 0.556. The number of carbonyl (C=O) groups is 1. The zero-order valence-electron chi connectivity index (χ0n) is 15.7. The molecule has 0 aromatic heterocycles. The largest absolute Gasteiger partial charge is 0.371 e.